The Morgan fingerprint density at radius 2 is 1.09 bits per heavy atom. The van der Waals surface area contributed by atoms with E-state index in [4.69, 9.17) is 4.74 Å². The molecule has 1 aliphatic heterocycles. The highest BCUT2D eigenvalue weighted by Crippen LogP contribution is 2.43. The van der Waals surface area contributed by atoms with Gasteiger partial charge in [0, 0.05) is 19.3 Å². The minimum absolute atomic E-state index is 0.0997. The fourth-order valence-corrected chi connectivity index (χ4v) is 4.77. The molecule has 3 aromatic rings. The number of benzene rings is 3. The van der Waals surface area contributed by atoms with Crippen molar-refractivity contribution in [2.24, 2.45) is 0 Å². The molecule has 1 aliphatic rings. The fraction of sp³-hybridized carbons (Fsp3) is 0.333. The molecule has 6 atom stereocenters. The van der Waals surface area contributed by atoms with Gasteiger partial charge in [-0.25, -0.2) is 0 Å². The van der Waals surface area contributed by atoms with Crippen molar-refractivity contribution in [3.05, 3.63) is 108 Å². The minimum atomic E-state index is -2.20. The van der Waals surface area contributed by atoms with Gasteiger partial charge in [0.1, 0.15) is 23.4 Å². The Bertz CT molecular complexity index is 1010. The monoisotopic (exact) mass is 450 g/mol. The van der Waals surface area contributed by atoms with Gasteiger partial charge in [-0.2, -0.15) is 0 Å². The lowest BCUT2D eigenvalue weighted by Crippen LogP contribution is -2.77. The highest BCUT2D eigenvalue weighted by atomic mass is 16.6. The van der Waals surface area contributed by atoms with Crippen LogP contribution < -0.4 is 0 Å². The molecule has 0 saturated carbocycles. The van der Waals surface area contributed by atoms with E-state index in [0.29, 0.717) is 11.1 Å². The van der Waals surface area contributed by atoms with E-state index in [9.17, 15) is 25.5 Å². The summed E-state index contributed by atoms with van der Waals surface area (Å²) in [5.41, 5.74) is -2.16. The summed E-state index contributed by atoms with van der Waals surface area (Å²) in [6.45, 7) is 0. The van der Waals surface area contributed by atoms with Crippen LogP contribution in [0.2, 0.25) is 0 Å². The molecule has 6 heteroatoms. The van der Waals surface area contributed by atoms with Crippen LogP contribution in [0.3, 0.4) is 0 Å². The normalized spacial score (nSPS) is 30.6. The molecular formula is C27H30O6. The van der Waals surface area contributed by atoms with E-state index in [1.807, 2.05) is 42.5 Å². The quantitative estimate of drug-likeness (QED) is 0.374. The molecule has 1 fully saturated rings. The van der Waals surface area contributed by atoms with Crippen molar-refractivity contribution in [2.45, 2.75) is 55.1 Å². The van der Waals surface area contributed by atoms with Gasteiger partial charge in [0.2, 0.25) is 0 Å². The van der Waals surface area contributed by atoms with Gasteiger partial charge in [0.15, 0.2) is 6.29 Å². The molecule has 33 heavy (non-hydrogen) atoms. The Kier molecular flexibility index (Phi) is 6.95. The molecule has 5 N–H and O–H groups in total. The van der Waals surface area contributed by atoms with Gasteiger partial charge in [-0.1, -0.05) is 91.0 Å². The number of hydrogen-bond acceptors (Lipinski definition) is 6. The largest absolute Gasteiger partial charge is 0.390 e. The second-order valence-electron chi connectivity index (χ2n) is 8.82. The first-order valence-corrected chi connectivity index (χ1v) is 11.1. The van der Waals surface area contributed by atoms with E-state index in [1.54, 1.807) is 48.5 Å². The summed E-state index contributed by atoms with van der Waals surface area (Å²) < 4.78 is 5.60. The Morgan fingerprint density at radius 1 is 0.667 bits per heavy atom. The predicted molar refractivity (Wildman–Crippen MR) is 123 cm³/mol. The van der Waals surface area contributed by atoms with E-state index in [0.717, 1.165) is 5.56 Å². The standard InChI is InChI=1S/C27H30O6/c28-22(16-19-10-4-1-5-11-19)24-27(32,18-21-14-8-3-9-15-21)26(31,23(29)25(30)33-24)17-20-12-6-2-7-13-20/h1-15,22-25,28-32H,16-18H2/t22?,23-,24-,25+,26-,27-/m1/s1. The zero-order chi connectivity index (χ0) is 23.5. The summed E-state index contributed by atoms with van der Waals surface area (Å²) in [5.74, 6) is 0. The lowest BCUT2D eigenvalue weighted by atomic mass is 9.65. The Hall–Kier alpha value is -2.58. The van der Waals surface area contributed by atoms with Gasteiger partial charge in [-0.3, -0.25) is 0 Å². The smallest absolute Gasteiger partial charge is 0.184 e. The Labute approximate surface area is 193 Å². The fourth-order valence-electron chi connectivity index (χ4n) is 4.77. The first-order chi connectivity index (χ1) is 15.8. The molecule has 1 unspecified atom stereocenters. The van der Waals surface area contributed by atoms with E-state index in [2.05, 4.69) is 0 Å². The summed E-state index contributed by atoms with van der Waals surface area (Å²) >= 11 is 0. The second-order valence-corrected chi connectivity index (χ2v) is 8.82. The zero-order valence-electron chi connectivity index (χ0n) is 18.2. The third-order valence-corrected chi connectivity index (χ3v) is 6.54. The lowest BCUT2D eigenvalue weighted by molar-refractivity contribution is -0.365. The van der Waals surface area contributed by atoms with Crippen LogP contribution in [0, 0.1) is 0 Å². The molecule has 0 aromatic heterocycles. The average molecular weight is 451 g/mol. The molecule has 6 nitrogen and oxygen atoms in total. The van der Waals surface area contributed by atoms with Gasteiger partial charge >= 0.3 is 0 Å². The van der Waals surface area contributed by atoms with Gasteiger partial charge in [0.25, 0.3) is 0 Å². The van der Waals surface area contributed by atoms with Gasteiger partial charge in [-0.15, -0.1) is 0 Å². The second kappa shape index (κ2) is 9.73. The average Bonchev–Trinajstić information content (AvgIpc) is 2.82. The van der Waals surface area contributed by atoms with Crippen LogP contribution in [0.4, 0.5) is 0 Å². The van der Waals surface area contributed by atoms with Crippen molar-refractivity contribution in [2.75, 3.05) is 0 Å². The molecule has 0 bridgehead atoms. The van der Waals surface area contributed by atoms with Crippen LogP contribution in [-0.2, 0) is 24.0 Å². The van der Waals surface area contributed by atoms with Crippen LogP contribution in [0.25, 0.3) is 0 Å². The first kappa shape index (κ1) is 23.6. The summed E-state index contributed by atoms with van der Waals surface area (Å²) in [6.07, 6.45) is -6.33. The Morgan fingerprint density at radius 3 is 1.58 bits per heavy atom. The molecule has 3 aromatic carbocycles. The number of rotatable bonds is 7. The summed E-state index contributed by atoms with van der Waals surface area (Å²) in [5, 5.41) is 56.5. The van der Waals surface area contributed by atoms with Gasteiger partial charge in [0.05, 0.1) is 6.10 Å². The molecule has 0 spiro atoms. The van der Waals surface area contributed by atoms with Crippen molar-refractivity contribution in [1.29, 1.82) is 0 Å². The van der Waals surface area contributed by atoms with Crippen LogP contribution in [-0.4, -0.2) is 61.3 Å². The van der Waals surface area contributed by atoms with Gasteiger partial charge < -0.3 is 30.3 Å². The van der Waals surface area contributed by atoms with Crippen molar-refractivity contribution >= 4 is 0 Å². The molecule has 0 amide bonds. The molecule has 174 valence electrons. The lowest BCUT2D eigenvalue weighted by Gasteiger charge is -2.56. The maximum atomic E-state index is 12.1. The SMILES string of the molecule is OC(Cc1ccccc1)[C@H]1O[C@H](O)[C@@H](O)[C@](O)(Cc2ccccc2)[C@@]1(O)Cc1ccccc1. The molecule has 0 aliphatic carbocycles. The third-order valence-electron chi connectivity index (χ3n) is 6.54. The van der Waals surface area contributed by atoms with Crippen molar-refractivity contribution in [3.8, 4) is 0 Å². The van der Waals surface area contributed by atoms with Gasteiger partial charge in [-0.05, 0) is 16.7 Å². The van der Waals surface area contributed by atoms with E-state index < -0.39 is 35.8 Å². The number of ether oxygens (including phenoxy) is 1. The summed E-state index contributed by atoms with van der Waals surface area (Å²) in [4.78, 5) is 0. The van der Waals surface area contributed by atoms with Crippen LogP contribution >= 0.6 is 0 Å². The number of aliphatic hydroxyl groups excluding tert-OH is 3. The van der Waals surface area contributed by atoms with E-state index in [1.165, 1.54) is 0 Å². The molecule has 1 heterocycles. The van der Waals surface area contributed by atoms with Crippen LogP contribution in [0.5, 0.6) is 0 Å². The molecule has 4 rings (SSSR count). The topological polar surface area (TPSA) is 110 Å². The third kappa shape index (κ3) is 4.73. The molecular weight excluding hydrogens is 420 g/mol. The summed E-state index contributed by atoms with van der Waals surface area (Å²) in [6, 6.07) is 27.2. The highest BCUT2D eigenvalue weighted by Gasteiger charge is 2.65. The number of hydrogen-bond donors (Lipinski definition) is 5. The zero-order valence-corrected chi connectivity index (χ0v) is 18.2. The van der Waals surface area contributed by atoms with Crippen molar-refractivity contribution in [1.82, 2.24) is 0 Å². The first-order valence-electron chi connectivity index (χ1n) is 11.1. The van der Waals surface area contributed by atoms with Crippen molar-refractivity contribution in [3.63, 3.8) is 0 Å². The van der Waals surface area contributed by atoms with Crippen LogP contribution in [0.15, 0.2) is 91.0 Å². The van der Waals surface area contributed by atoms with Crippen molar-refractivity contribution < 1.29 is 30.3 Å². The van der Waals surface area contributed by atoms with Crippen LogP contribution in [0.1, 0.15) is 16.7 Å². The maximum Gasteiger partial charge on any atom is 0.184 e. The number of aliphatic hydroxyl groups is 5. The summed E-state index contributed by atoms with van der Waals surface area (Å²) in [7, 11) is 0. The highest BCUT2D eigenvalue weighted by molar-refractivity contribution is 5.28. The van der Waals surface area contributed by atoms with E-state index in [-0.39, 0.29) is 19.3 Å². The minimum Gasteiger partial charge on any atom is -0.390 e. The predicted octanol–water partition coefficient (Wildman–Crippen LogP) is 1.62. The molecule has 1 saturated heterocycles. The molecule has 0 radical (unpaired) electrons. The Balaban J connectivity index is 1.76. The maximum absolute atomic E-state index is 12.1. The van der Waals surface area contributed by atoms with E-state index >= 15 is 0 Å².